The molecule has 2 fully saturated rings. The Balaban J connectivity index is 1.33. The number of esters is 1. The Morgan fingerprint density at radius 1 is 1.02 bits per heavy atom. The van der Waals surface area contributed by atoms with Gasteiger partial charge in [-0.2, -0.15) is 4.31 Å². The van der Waals surface area contributed by atoms with Crippen LogP contribution < -0.4 is 5.32 Å². The summed E-state index contributed by atoms with van der Waals surface area (Å²) in [5, 5.41) is 3.55. The van der Waals surface area contributed by atoms with Gasteiger partial charge in [0.05, 0.1) is 23.0 Å². The fourth-order valence-corrected chi connectivity index (χ4v) is 8.87. The monoisotopic (exact) mass is 616 g/mol. The molecule has 2 saturated heterocycles. The zero-order chi connectivity index (χ0) is 29.9. The van der Waals surface area contributed by atoms with Gasteiger partial charge in [0.1, 0.15) is 5.00 Å². The number of sulfonamides is 1. The number of hydrogen-bond donors (Lipinski definition) is 1. The first-order valence-electron chi connectivity index (χ1n) is 15.0. The predicted octanol–water partition coefficient (Wildman–Crippen LogP) is 3.97. The molecule has 1 aromatic heterocycles. The predicted molar refractivity (Wildman–Crippen MR) is 161 cm³/mol. The molecule has 2 aromatic rings. The zero-order valence-corrected chi connectivity index (χ0v) is 26.0. The van der Waals surface area contributed by atoms with E-state index in [1.54, 1.807) is 6.92 Å². The SMILES string of the molecule is CCCN1CCc2c(sc(NC(=O)c3ccc(S(=O)(=O)N4CCCC(C(=O)OCC)C4)cc3)c2C(=O)N2CCCC2)C1. The van der Waals surface area contributed by atoms with Gasteiger partial charge in [-0.25, -0.2) is 8.42 Å². The molecule has 1 N–H and O–H groups in total. The van der Waals surface area contributed by atoms with Gasteiger partial charge in [-0.1, -0.05) is 6.92 Å². The van der Waals surface area contributed by atoms with Crippen LogP contribution in [-0.2, 0) is 32.5 Å². The largest absolute Gasteiger partial charge is 0.466 e. The van der Waals surface area contributed by atoms with Crippen LogP contribution in [0.25, 0.3) is 0 Å². The molecule has 5 rings (SSSR count). The number of ether oxygens (including phenoxy) is 1. The Hall–Kier alpha value is -2.80. The van der Waals surface area contributed by atoms with Crippen molar-refractivity contribution >= 4 is 44.1 Å². The number of thiophene rings is 1. The number of piperidine rings is 1. The van der Waals surface area contributed by atoms with E-state index in [1.165, 1.54) is 39.9 Å². The van der Waals surface area contributed by atoms with Crippen LogP contribution in [0.15, 0.2) is 29.2 Å². The molecule has 0 spiro atoms. The normalized spacial score (nSPS) is 19.9. The maximum absolute atomic E-state index is 13.6. The van der Waals surface area contributed by atoms with E-state index >= 15 is 0 Å². The minimum atomic E-state index is -3.84. The van der Waals surface area contributed by atoms with Crippen LogP contribution in [-0.4, -0.2) is 86.2 Å². The van der Waals surface area contributed by atoms with Crippen LogP contribution in [0.2, 0.25) is 0 Å². The number of anilines is 1. The second-order valence-electron chi connectivity index (χ2n) is 11.2. The van der Waals surface area contributed by atoms with E-state index in [4.69, 9.17) is 4.74 Å². The summed E-state index contributed by atoms with van der Waals surface area (Å²) < 4.78 is 33.1. The first kappa shape index (κ1) is 30.7. The number of nitrogens with one attached hydrogen (secondary N) is 1. The number of carbonyl (C=O) groups excluding carboxylic acids is 3. The van der Waals surface area contributed by atoms with Crippen molar-refractivity contribution in [2.75, 3.05) is 51.2 Å². The topological polar surface area (TPSA) is 116 Å². The van der Waals surface area contributed by atoms with E-state index in [0.717, 1.165) is 68.8 Å². The van der Waals surface area contributed by atoms with Crippen LogP contribution in [0.4, 0.5) is 5.00 Å². The molecule has 3 aliphatic rings. The molecule has 4 heterocycles. The molecule has 0 radical (unpaired) electrons. The molecule has 0 aliphatic carbocycles. The first-order chi connectivity index (χ1) is 20.2. The Morgan fingerprint density at radius 2 is 1.76 bits per heavy atom. The highest BCUT2D eigenvalue weighted by Crippen LogP contribution is 2.39. The minimum Gasteiger partial charge on any atom is -0.466 e. The molecule has 42 heavy (non-hydrogen) atoms. The molecule has 1 unspecified atom stereocenters. The average molecular weight is 617 g/mol. The fraction of sp³-hybridized carbons (Fsp3) is 0.567. The van der Waals surface area contributed by atoms with Crippen LogP contribution in [0.1, 0.15) is 77.1 Å². The molecule has 12 heteroatoms. The van der Waals surface area contributed by atoms with Crippen molar-refractivity contribution in [2.24, 2.45) is 5.92 Å². The average Bonchev–Trinajstić information content (AvgIpc) is 3.65. The number of hydrogen-bond acceptors (Lipinski definition) is 8. The smallest absolute Gasteiger partial charge is 0.310 e. The van der Waals surface area contributed by atoms with Crippen LogP contribution in [0, 0.1) is 5.92 Å². The van der Waals surface area contributed by atoms with E-state index in [9.17, 15) is 22.8 Å². The van der Waals surface area contributed by atoms with E-state index in [2.05, 4.69) is 17.1 Å². The van der Waals surface area contributed by atoms with E-state index < -0.39 is 21.8 Å². The summed E-state index contributed by atoms with van der Waals surface area (Å²) in [5.41, 5.74) is 1.96. The summed E-state index contributed by atoms with van der Waals surface area (Å²) in [6, 6.07) is 5.84. The van der Waals surface area contributed by atoms with Crippen LogP contribution in [0.3, 0.4) is 0 Å². The van der Waals surface area contributed by atoms with Crippen molar-refractivity contribution < 1.29 is 27.5 Å². The maximum atomic E-state index is 13.6. The highest BCUT2D eigenvalue weighted by atomic mass is 32.2. The molecule has 10 nitrogen and oxygen atoms in total. The molecule has 1 aromatic carbocycles. The van der Waals surface area contributed by atoms with Gasteiger partial charge in [0.25, 0.3) is 11.8 Å². The molecular weight excluding hydrogens is 576 g/mol. The number of benzene rings is 1. The number of nitrogens with zero attached hydrogens (tertiary/aromatic N) is 3. The Labute approximate surface area is 252 Å². The van der Waals surface area contributed by atoms with Gasteiger partial charge < -0.3 is 15.0 Å². The first-order valence-corrected chi connectivity index (χ1v) is 17.2. The van der Waals surface area contributed by atoms with Crippen LogP contribution in [0.5, 0.6) is 0 Å². The van der Waals surface area contributed by atoms with Crippen molar-refractivity contribution in [3.63, 3.8) is 0 Å². The number of amides is 2. The lowest BCUT2D eigenvalue weighted by atomic mass is 10.0. The van der Waals surface area contributed by atoms with Gasteiger partial charge in [0.2, 0.25) is 10.0 Å². The van der Waals surface area contributed by atoms with Gasteiger partial charge >= 0.3 is 5.97 Å². The lowest BCUT2D eigenvalue weighted by Gasteiger charge is -2.30. The lowest BCUT2D eigenvalue weighted by molar-refractivity contribution is -0.149. The molecule has 228 valence electrons. The Bertz CT molecular complexity index is 1420. The number of fused-ring (bicyclic) bond motifs is 1. The summed E-state index contributed by atoms with van der Waals surface area (Å²) in [7, 11) is -3.84. The molecule has 1 atom stereocenters. The second kappa shape index (κ2) is 13.2. The number of rotatable bonds is 9. The van der Waals surface area contributed by atoms with Crippen molar-refractivity contribution in [2.45, 2.75) is 63.8 Å². The zero-order valence-electron chi connectivity index (χ0n) is 24.4. The maximum Gasteiger partial charge on any atom is 0.310 e. The van der Waals surface area contributed by atoms with Crippen molar-refractivity contribution in [3.05, 3.63) is 45.8 Å². The highest BCUT2D eigenvalue weighted by molar-refractivity contribution is 7.89. The molecule has 2 amide bonds. The lowest BCUT2D eigenvalue weighted by Crippen LogP contribution is -2.42. The summed E-state index contributed by atoms with van der Waals surface area (Å²) in [6.45, 7) is 8.65. The van der Waals surface area contributed by atoms with Gasteiger partial charge in [0.15, 0.2) is 0 Å². The standard InChI is InChI=1S/C30H40N4O6S2/c1-3-14-32-18-13-24-25(20-32)41-28(26(24)29(36)33-15-5-6-16-33)31-27(35)21-9-11-23(12-10-21)42(38,39)34-17-7-8-22(19-34)30(37)40-4-2/h9-12,22H,3-8,13-20H2,1-2H3,(H,31,35). The van der Waals surface area contributed by atoms with Crippen LogP contribution >= 0.6 is 11.3 Å². The van der Waals surface area contributed by atoms with Gasteiger partial charge in [-0.3, -0.25) is 19.3 Å². The van der Waals surface area contributed by atoms with Crippen molar-refractivity contribution in [1.82, 2.24) is 14.1 Å². The van der Waals surface area contributed by atoms with Crippen molar-refractivity contribution in [3.8, 4) is 0 Å². The third-order valence-corrected chi connectivity index (χ3v) is 11.3. The third kappa shape index (κ3) is 6.41. The Morgan fingerprint density at radius 3 is 2.45 bits per heavy atom. The quantitative estimate of drug-likeness (QED) is 0.424. The van der Waals surface area contributed by atoms with E-state index in [1.807, 2.05) is 4.90 Å². The van der Waals surface area contributed by atoms with Gasteiger partial charge in [0, 0.05) is 49.7 Å². The molecular formula is C30H40N4O6S2. The van der Waals surface area contributed by atoms with E-state index in [-0.39, 0.29) is 29.9 Å². The summed E-state index contributed by atoms with van der Waals surface area (Å²) >= 11 is 1.47. The molecule has 3 aliphatic heterocycles. The minimum absolute atomic E-state index is 0.0201. The third-order valence-electron chi connectivity index (χ3n) is 8.27. The van der Waals surface area contributed by atoms with E-state index in [0.29, 0.717) is 35.5 Å². The summed E-state index contributed by atoms with van der Waals surface area (Å²) in [4.78, 5) is 44.6. The van der Waals surface area contributed by atoms with Gasteiger partial charge in [-0.05, 0) is 81.8 Å². The fourth-order valence-electron chi connectivity index (χ4n) is 6.07. The number of carbonyl (C=O) groups is 3. The number of likely N-dealkylation sites (tertiary alicyclic amines) is 1. The molecule has 0 saturated carbocycles. The Kier molecular flexibility index (Phi) is 9.66. The van der Waals surface area contributed by atoms with Crippen molar-refractivity contribution in [1.29, 1.82) is 0 Å². The highest BCUT2D eigenvalue weighted by Gasteiger charge is 2.35. The second-order valence-corrected chi connectivity index (χ2v) is 14.2. The van der Waals surface area contributed by atoms with Gasteiger partial charge in [-0.15, -0.1) is 11.3 Å². The summed E-state index contributed by atoms with van der Waals surface area (Å²) in [5.74, 6) is -1.27. The molecule has 0 bridgehead atoms. The summed E-state index contributed by atoms with van der Waals surface area (Å²) in [6.07, 6.45) is 4.97.